The Morgan fingerprint density at radius 2 is 2.12 bits per heavy atom. The monoisotopic (exact) mass is 235 g/mol. The quantitative estimate of drug-likeness (QED) is 0.708. The Morgan fingerprint density at radius 1 is 1.44 bits per heavy atom. The molecular weight excluding hydrogens is 224 g/mol. The van der Waals surface area contributed by atoms with Gasteiger partial charge in [-0.05, 0) is 12.8 Å². The molecule has 0 aromatic carbocycles. The van der Waals surface area contributed by atoms with Crippen molar-refractivity contribution in [3.8, 4) is 0 Å². The van der Waals surface area contributed by atoms with E-state index < -0.39 is 23.8 Å². The van der Waals surface area contributed by atoms with E-state index >= 15 is 0 Å². The first-order valence-corrected chi connectivity index (χ1v) is 4.63. The number of halogens is 2. The average Bonchev–Trinajstić information content (AvgIpc) is 2.62. The SMILES string of the molecule is O=C(O)c1nnn(CCCCO)c1C(F)F. The van der Waals surface area contributed by atoms with E-state index in [1.165, 1.54) is 0 Å². The minimum Gasteiger partial charge on any atom is -0.476 e. The number of nitrogens with zero attached hydrogens (tertiary/aromatic N) is 3. The van der Waals surface area contributed by atoms with E-state index in [0.29, 0.717) is 12.8 Å². The van der Waals surface area contributed by atoms with E-state index in [2.05, 4.69) is 10.3 Å². The van der Waals surface area contributed by atoms with Gasteiger partial charge in [-0.25, -0.2) is 18.3 Å². The van der Waals surface area contributed by atoms with Gasteiger partial charge in [0, 0.05) is 13.2 Å². The molecule has 1 rings (SSSR count). The van der Waals surface area contributed by atoms with Crippen molar-refractivity contribution < 1.29 is 23.8 Å². The lowest BCUT2D eigenvalue weighted by atomic mass is 10.3. The summed E-state index contributed by atoms with van der Waals surface area (Å²) < 4.78 is 26.0. The number of carboxylic acids is 1. The molecule has 1 aromatic rings. The van der Waals surface area contributed by atoms with Crippen LogP contribution in [0.25, 0.3) is 0 Å². The van der Waals surface area contributed by atoms with Crippen LogP contribution in [-0.2, 0) is 6.54 Å². The molecule has 0 aliphatic carbocycles. The van der Waals surface area contributed by atoms with Crippen molar-refractivity contribution >= 4 is 5.97 Å². The number of aromatic nitrogens is 3. The van der Waals surface area contributed by atoms with Crippen molar-refractivity contribution in [1.29, 1.82) is 0 Å². The van der Waals surface area contributed by atoms with Crippen LogP contribution < -0.4 is 0 Å². The highest BCUT2D eigenvalue weighted by molar-refractivity contribution is 5.86. The highest BCUT2D eigenvalue weighted by Crippen LogP contribution is 2.21. The number of rotatable bonds is 6. The number of unbranched alkanes of at least 4 members (excludes halogenated alkanes) is 1. The summed E-state index contributed by atoms with van der Waals surface area (Å²) in [5, 5.41) is 23.7. The molecule has 0 saturated heterocycles. The molecule has 16 heavy (non-hydrogen) atoms. The smallest absolute Gasteiger partial charge is 0.358 e. The van der Waals surface area contributed by atoms with Gasteiger partial charge >= 0.3 is 5.97 Å². The fourth-order valence-electron chi connectivity index (χ4n) is 1.23. The van der Waals surface area contributed by atoms with Crippen LogP contribution in [0.5, 0.6) is 0 Å². The van der Waals surface area contributed by atoms with E-state index in [1.807, 2.05) is 0 Å². The van der Waals surface area contributed by atoms with Crippen molar-refractivity contribution in [3.05, 3.63) is 11.4 Å². The molecule has 0 radical (unpaired) electrons. The number of aliphatic hydroxyl groups is 1. The number of aliphatic hydroxyl groups excluding tert-OH is 1. The van der Waals surface area contributed by atoms with Crippen molar-refractivity contribution in [2.75, 3.05) is 6.61 Å². The molecule has 1 aromatic heterocycles. The van der Waals surface area contributed by atoms with Crippen LogP contribution >= 0.6 is 0 Å². The van der Waals surface area contributed by atoms with E-state index in [-0.39, 0.29) is 13.2 Å². The number of aryl methyl sites for hydroxylation is 1. The number of carboxylic acid groups (broad SMARTS) is 1. The van der Waals surface area contributed by atoms with Crippen LogP contribution in [0.4, 0.5) is 8.78 Å². The van der Waals surface area contributed by atoms with Gasteiger partial charge in [-0.2, -0.15) is 0 Å². The third-order valence-corrected chi connectivity index (χ3v) is 1.96. The van der Waals surface area contributed by atoms with Gasteiger partial charge in [0.15, 0.2) is 5.69 Å². The largest absolute Gasteiger partial charge is 0.476 e. The summed E-state index contributed by atoms with van der Waals surface area (Å²) in [5.74, 6) is -1.52. The van der Waals surface area contributed by atoms with Crippen molar-refractivity contribution in [1.82, 2.24) is 15.0 Å². The van der Waals surface area contributed by atoms with Crippen molar-refractivity contribution in [2.24, 2.45) is 0 Å². The van der Waals surface area contributed by atoms with Gasteiger partial charge < -0.3 is 10.2 Å². The molecule has 0 saturated carbocycles. The van der Waals surface area contributed by atoms with Crippen molar-refractivity contribution in [2.45, 2.75) is 25.8 Å². The molecule has 0 aliphatic heterocycles. The molecule has 0 unspecified atom stereocenters. The second kappa shape index (κ2) is 5.50. The predicted octanol–water partition coefficient (Wildman–Crippen LogP) is 0.686. The van der Waals surface area contributed by atoms with Gasteiger partial charge in [0.05, 0.1) is 0 Å². The van der Waals surface area contributed by atoms with E-state index in [1.54, 1.807) is 0 Å². The molecule has 8 heteroatoms. The van der Waals surface area contributed by atoms with Gasteiger partial charge in [0.1, 0.15) is 5.69 Å². The maximum absolute atomic E-state index is 12.6. The number of alkyl halides is 2. The normalized spacial score (nSPS) is 11.0. The minimum atomic E-state index is -2.93. The van der Waals surface area contributed by atoms with Crippen molar-refractivity contribution in [3.63, 3.8) is 0 Å². The Labute approximate surface area is 89.5 Å². The third kappa shape index (κ3) is 2.72. The summed E-state index contributed by atoms with van der Waals surface area (Å²) in [6.45, 7) is 0.0605. The van der Waals surface area contributed by atoms with Gasteiger partial charge in [-0.1, -0.05) is 5.21 Å². The van der Waals surface area contributed by atoms with E-state index in [0.717, 1.165) is 4.68 Å². The molecule has 0 fully saturated rings. The summed E-state index contributed by atoms with van der Waals surface area (Å²) in [7, 11) is 0. The topological polar surface area (TPSA) is 88.2 Å². The van der Waals surface area contributed by atoms with Crippen LogP contribution in [-0.4, -0.2) is 37.8 Å². The first-order chi connectivity index (χ1) is 7.57. The Hall–Kier alpha value is -1.57. The number of hydrogen-bond donors (Lipinski definition) is 2. The zero-order chi connectivity index (χ0) is 12.1. The lowest BCUT2D eigenvalue weighted by molar-refractivity contribution is 0.0675. The standard InChI is InChI=1S/C8H11F2N3O3/c9-7(10)6-5(8(15)16)11-12-13(6)3-1-2-4-14/h7,14H,1-4H2,(H,15,16). The van der Waals surface area contributed by atoms with Gasteiger partial charge in [-0.3, -0.25) is 0 Å². The summed E-state index contributed by atoms with van der Waals surface area (Å²) in [6.07, 6.45) is -2.07. The molecule has 1 heterocycles. The molecule has 0 bridgehead atoms. The lowest BCUT2D eigenvalue weighted by Crippen LogP contribution is -2.09. The Bertz CT molecular complexity index is 367. The fraction of sp³-hybridized carbons (Fsp3) is 0.625. The summed E-state index contributed by atoms with van der Waals surface area (Å²) >= 11 is 0. The minimum absolute atomic E-state index is 0.0511. The molecule has 0 amide bonds. The first kappa shape index (κ1) is 12.5. The molecule has 90 valence electrons. The third-order valence-electron chi connectivity index (χ3n) is 1.96. The molecule has 0 aliphatic rings. The second-order valence-corrected chi connectivity index (χ2v) is 3.08. The van der Waals surface area contributed by atoms with Gasteiger partial charge in [0.2, 0.25) is 0 Å². The van der Waals surface area contributed by atoms with Crippen LogP contribution in [0.15, 0.2) is 0 Å². The van der Waals surface area contributed by atoms with Gasteiger partial charge in [-0.15, -0.1) is 5.10 Å². The first-order valence-electron chi connectivity index (χ1n) is 4.63. The zero-order valence-corrected chi connectivity index (χ0v) is 8.31. The van der Waals surface area contributed by atoms with Crippen LogP contribution in [0.1, 0.15) is 35.4 Å². The summed E-state index contributed by atoms with van der Waals surface area (Å²) in [5.41, 5.74) is -1.41. The second-order valence-electron chi connectivity index (χ2n) is 3.08. The molecular formula is C8H11F2N3O3. The van der Waals surface area contributed by atoms with Gasteiger partial charge in [0.25, 0.3) is 6.43 Å². The molecule has 2 N–H and O–H groups in total. The van der Waals surface area contributed by atoms with Crippen LogP contribution in [0.3, 0.4) is 0 Å². The molecule has 0 spiro atoms. The maximum Gasteiger partial charge on any atom is 0.358 e. The lowest BCUT2D eigenvalue weighted by Gasteiger charge is -2.04. The molecule has 6 nitrogen and oxygen atoms in total. The summed E-state index contributed by atoms with van der Waals surface area (Å²) in [4.78, 5) is 10.6. The Morgan fingerprint density at radius 3 is 2.62 bits per heavy atom. The highest BCUT2D eigenvalue weighted by Gasteiger charge is 2.25. The highest BCUT2D eigenvalue weighted by atomic mass is 19.3. The summed E-state index contributed by atoms with van der Waals surface area (Å²) in [6, 6.07) is 0. The van der Waals surface area contributed by atoms with Crippen LogP contribution in [0, 0.1) is 0 Å². The number of hydrogen-bond acceptors (Lipinski definition) is 4. The molecule has 0 atom stereocenters. The fourth-order valence-corrected chi connectivity index (χ4v) is 1.23. The predicted molar refractivity (Wildman–Crippen MR) is 48.3 cm³/mol. The number of carbonyl (C=O) groups is 1. The number of aromatic carboxylic acids is 1. The Kier molecular flexibility index (Phi) is 4.29. The average molecular weight is 235 g/mol. The maximum atomic E-state index is 12.6. The zero-order valence-electron chi connectivity index (χ0n) is 8.31. The van der Waals surface area contributed by atoms with Crippen LogP contribution in [0.2, 0.25) is 0 Å². The Balaban J connectivity index is 2.87. The van der Waals surface area contributed by atoms with E-state index in [9.17, 15) is 13.6 Å². The van der Waals surface area contributed by atoms with E-state index in [4.69, 9.17) is 10.2 Å².